The number of carbonyl (C=O) groups is 1. The Labute approximate surface area is 133 Å². The van der Waals surface area contributed by atoms with Crippen LogP contribution in [0.3, 0.4) is 0 Å². The molecule has 1 aromatic carbocycles. The van der Waals surface area contributed by atoms with Crippen molar-refractivity contribution in [3.05, 3.63) is 29.3 Å². The van der Waals surface area contributed by atoms with Crippen molar-refractivity contribution in [3.63, 3.8) is 0 Å². The highest BCUT2D eigenvalue weighted by molar-refractivity contribution is 5.92. The summed E-state index contributed by atoms with van der Waals surface area (Å²) in [5.41, 5.74) is 3.14. The van der Waals surface area contributed by atoms with Crippen LogP contribution in [0.2, 0.25) is 0 Å². The molecule has 1 aliphatic rings. The Morgan fingerprint density at radius 3 is 2.50 bits per heavy atom. The quantitative estimate of drug-likeness (QED) is 0.733. The summed E-state index contributed by atoms with van der Waals surface area (Å²) in [4.78, 5) is 12.1. The van der Waals surface area contributed by atoms with E-state index in [1.807, 2.05) is 26.0 Å². The number of carbonyl (C=O) groups excluding carboxylic acids is 1. The normalized spacial score (nSPS) is 22.1. The number of aryl methyl sites for hydroxylation is 2. The molecule has 0 spiro atoms. The van der Waals surface area contributed by atoms with Crippen LogP contribution in [0.1, 0.15) is 43.2 Å². The fourth-order valence-corrected chi connectivity index (χ4v) is 3.35. The minimum atomic E-state index is -0.0223. The Hall–Kier alpha value is -1.39. The van der Waals surface area contributed by atoms with Crippen molar-refractivity contribution in [1.82, 2.24) is 5.32 Å². The summed E-state index contributed by atoms with van der Waals surface area (Å²) in [5.74, 6) is 0.252. The highest BCUT2D eigenvalue weighted by Crippen LogP contribution is 2.23. The molecule has 0 radical (unpaired) electrons. The largest absolute Gasteiger partial charge is 0.396 e. The van der Waals surface area contributed by atoms with Crippen molar-refractivity contribution in [2.24, 2.45) is 5.92 Å². The van der Waals surface area contributed by atoms with Crippen LogP contribution in [0.25, 0.3) is 0 Å². The first-order valence-electron chi connectivity index (χ1n) is 8.31. The topological polar surface area (TPSA) is 61.4 Å². The van der Waals surface area contributed by atoms with Crippen molar-refractivity contribution in [1.29, 1.82) is 0 Å². The van der Waals surface area contributed by atoms with Crippen LogP contribution >= 0.6 is 0 Å². The van der Waals surface area contributed by atoms with E-state index in [9.17, 15) is 9.90 Å². The van der Waals surface area contributed by atoms with Gasteiger partial charge in [-0.1, -0.05) is 25.3 Å². The first-order chi connectivity index (χ1) is 10.6. The van der Waals surface area contributed by atoms with E-state index >= 15 is 0 Å². The fraction of sp³-hybridized carbons (Fsp3) is 0.611. The number of rotatable bonds is 5. The van der Waals surface area contributed by atoms with E-state index in [0.717, 1.165) is 29.7 Å². The van der Waals surface area contributed by atoms with Crippen LogP contribution in [0, 0.1) is 19.8 Å². The Kier molecular flexibility index (Phi) is 6.40. The van der Waals surface area contributed by atoms with Gasteiger partial charge in [-0.05, 0) is 55.9 Å². The summed E-state index contributed by atoms with van der Waals surface area (Å²) in [6.07, 6.45) is 5.67. The Morgan fingerprint density at radius 1 is 1.14 bits per heavy atom. The maximum atomic E-state index is 12.1. The second kappa shape index (κ2) is 8.30. The van der Waals surface area contributed by atoms with Crippen molar-refractivity contribution in [2.45, 2.75) is 52.0 Å². The highest BCUT2D eigenvalue weighted by atomic mass is 16.3. The fourth-order valence-electron chi connectivity index (χ4n) is 3.35. The zero-order valence-corrected chi connectivity index (χ0v) is 13.7. The molecule has 0 saturated heterocycles. The molecule has 1 saturated carbocycles. The lowest BCUT2D eigenvalue weighted by Gasteiger charge is -2.24. The van der Waals surface area contributed by atoms with Gasteiger partial charge in [-0.15, -0.1) is 0 Å². The molecule has 0 heterocycles. The van der Waals surface area contributed by atoms with Crippen LogP contribution in [-0.2, 0) is 4.79 Å². The summed E-state index contributed by atoms with van der Waals surface area (Å²) in [6.45, 7) is 4.56. The first-order valence-corrected chi connectivity index (χ1v) is 8.31. The van der Waals surface area contributed by atoms with Gasteiger partial charge in [0, 0.05) is 18.3 Å². The molecule has 4 nitrogen and oxygen atoms in total. The molecule has 0 aliphatic heterocycles. The molecule has 1 aromatic rings. The van der Waals surface area contributed by atoms with Crippen molar-refractivity contribution >= 4 is 11.6 Å². The second-order valence-electron chi connectivity index (χ2n) is 6.49. The van der Waals surface area contributed by atoms with E-state index in [1.165, 1.54) is 19.3 Å². The number of aliphatic hydroxyl groups is 1. The monoisotopic (exact) mass is 304 g/mol. The summed E-state index contributed by atoms with van der Waals surface area (Å²) in [6, 6.07) is 6.29. The third kappa shape index (κ3) is 5.11. The van der Waals surface area contributed by atoms with Gasteiger partial charge in [0.2, 0.25) is 5.91 Å². The maximum Gasteiger partial charge on any atom is 0.238 e. The lowest BCUT2D eigenvalue weighted by atomic mass is 9.96. The summed E-state index contributed by atoms with van der Waals surface area (Å²) in [5, 5.41) is 15.8. The van der Waals surface area contributed by atoms with E-state index in [2.05, 4.69) is 16.7 Å². The predicted octanol–water partition coefficient (Wildman–Crippen LogP) is 2.77. The molecule has 2 rings (SSSR count). The number of aliphatic hydroxyl groups excluding tert-OH is 1. The Balaban J connectivity index is 1.86. The third-order valence-electron chi connectivity index (χ3n) is 4.42. The summed E-state index contributed by atoms with van der Waals surface area (Å²) >= 11 is 0. The molecule has 0 aromatic heterocycles. The average Bonchev–Trinajstić information content (AvgIpc) is 2.68. The first kappa shape index (κ1) is 17.0. The van der Waals surface area contributed by atoms with E-state index < -0.39 is 0 Å². The molecule has 3 N–H and O–H groups in total. The summed E-state index contributed by atoms with van der Waals surface area (Å²) < 4.78 is 0. The zero-order chi connectivity index (χ0) is 15.9. The number of nitrogens with one attached hydrogen (secondary N) is 2. The van der Waals surface area contributed by atoms with Gasteiger partial charge in [-0.25, -0.2) is 0 Å². The molecule has 0 bridgehead atoms. The van der Waals surface area contributed by atoms with Gasteiger partial charge in [0.15, 0.2) is 0 Å². The predicted molar refractivity (Wildman–Crippen MR) is 90.0 cm³/mol. The van der Waals surface area contributed by atoms with Gasteiger partial charge in [-0.2, -0.15) is 0 Å². The average molecular weight is 304 g/mol. The minimum Gasteiger partial charge on any atom is -0.396 e. The molecule has 22 heavy (non-hydrogen) atoms. The highest BCUT2D eigenvalue weighted by Gasteiger charge is 2.23. The molecule has 2 unspecified atom stereocenters. The zero-order valence-electron chi connectivity index (χ0n) is 13.7. The molecule has 122 valence electrons. The SMILES string of the molecule is Cc1cc(C)cc(NC(=O)CNC2CCCCCC2CO)c1. The van der Waals surface area contributed by atoms with Gasteiger partial charge in [0.25, 0.3) is 0 Å². The minimum absolute atomic E-state index is 0.0223. The number of benzene rings is 1. The van der Waals surface area contributed by atoms with Crippen molar-refractivity contribution < 1.29 is 9.90 Å². The molecule has 2 atom stereocenters. The number of hydrogen-bond donors (Lipinski definition) is 3. The molecule has 1 amide bonds. The van der Waals surface area contributed by atoms with Gasteiger partial charge in [0.1, 0.15) is 0 Å². The van der Waals surface area contributed by atoms with E-state index in [1.54, 1.807) is 0 Å². The molecule has 1 fully saturated rings. The van der Waals surface area contributed by atoms with Crippen LogP contribution in [0.4, 0.5) is 5.69 Å². The molecular weight excluding hydrogens is 276 g/mol. The standard InChI is InChI=1S/C18H28N2O2/c1-13-8-14(2)10-16(9-13)20-18(22)11-19-17-7-5-3-4-6-15(17)12-21/h8-10,15,17,19,21H,3-7,11-12H2,1-2H3,(H,20,22). The lowest BCUT2D eigenvalue weighted by molar-refractivity contribution is -0.115. The van der Waals surface area contributed by atoms with Crippen LogP contribution in [0.5, 0.6) is 0 Å². The maximum absolute atomic E-state index is 12.1. The number of amides is 1. The van der Waals surface area contributed by atoms with Crippen molar-refractivity contribution in [2.75, 3.05) is 18.5 Å². The second-order valence-corrected chi connectivity index (χ2v) is 6.49. The van der Waals surface area contributed by atoms with Gasteiger partial charge >= 0.3 is 0 Å². The Bertz CT molecular complexity index is 482. The molecule has 4 heteroatoms. The van der Waals surface area contributed by atoms with Gasteiger partial charge in [0.05, 0.1) is 6.54 Å². The Morgan fingerprint density at radius 2 is 1.82 bits per heavy atom. The van der Waals surface area contributed by atoms with E-state index in [-0.39, 0.29) is 24.5 Å². The van der Waals surface area contributed by atoms with E-state index in [4.69, 9.17) is 0 Å². The van der Waals surface area contributed by atoms with Crippen LogP contribution < -0.4 is 10.6 Å². The summed E-state index contributed by atoms with van der Waals surface area (Å²) in [7, 11) is 0. The number of hydrogen-bond acceptors (Lipinski definition) is 3. The number of anilines is 1. The van der Waals surface area contributed by atoms with Crippen LogP contribution in [-0.4, -0.2) is 30.2 Å². The molecule has 1 aliphatic carbocycles. The lowest BCUT2D eigenvalue weighted by Crippen LogP contribution is -2.41. The van der Waals surface area contributed by atoms with Gasteiger partial charge in [-0.3, -0.25) is 4.79 Å². The van der Waals surface area contributed by atoms with E-state index in [0.29, 0.717) is 6.54 Å². The van der Waals surface area contributed by atoms with Crippen molar-refractivity contribution in [3.8, 4) is 0 Å². The smallest absolute Gasteiger partial charge is 0.238 e. The van der Waals surface area contributed by atoms with Crippen LogP contribution in [0.15, 0.2) is 18.2 Å². The van der Waals surface area contributed by atoms with Gasteiger partial charge < -0.3 is 15.7 Å². The molecular formula is C18H28N2O2. The third-order valence-corrected chi connectivity index (χ3v) is 4.42.